The average Bonchev–Trinajstić information content (AvgIpc) is 2.90. The third kappa shape index (κ3) is 5.53. The normalized spacial score (nSPS) is 15.3. The van der Waals surface area contributed by atoms with Crippen LogP contribution in [0.2, 0.25) is 0 Å². The van der Waals surface area contributed by atoms with Crippen molar-refractivity contribution in [1.29, 1.82) is 0 Å². The topological polar surface area (TPSA) is 35.5 Å². The van der Waals surface area contributed by atoms with Gasteiger partial charge in [0.15, 0.2) is 23.1 Å². The molecular formula is C29H25F5O3. The number of aryl methyl sites for hydroxylation is 1. The van der Waals surface area contributed by atoms with Crippen LogP contribution >= 0.6 is 0 Å². The minimum absolute atomic E-state index is 0.0904. The van der Waals surface area contributed by atoms with E-state index in [4.69, 9.17) is 9.47 Å². The molecule has 194 valence electrons. The zero-order valence-corrected chi connectivity index (χ0v) is 20.3. The van der Waals surface area contributed by atoms with E-state index in [2.05, 4.69) is 0 Å². The van der Waals surface area contributed by atoms with Gasteiger partial charge >= 0.3 is 5.97 Å². The van der Waals surface area contributed by atoms with Crippen molar-refractivity contribution in [2.75, 3.05) is 6.61 Å². The van der Waals surface area contributed by atoms with Crippen LogP contribution in [0.25, 0.3) is 16.7 Å². The van der Waals surface area contributed by atoms with Gasteiger partial charge in [-0.3, -0.25) is 4.79 Å². The summed E-state index contributed by atoms with van der Waals surface area (Å²) < 4.78 is 82.0. The van der Waals surface area contributed by atoms with E-state index in [9.17, 15) is 26.7 Å². The number of halogens is 5. The first-order valence-electron chi connectivity index (χ1n) is 12.0. The molecule has 1 unspecified atom stereocenters. The molecule has 3 aromatic carbocycles. The molecule has 0 aliphatic heterocycles. The highest BCUT2D eigenvalue weighted by molar-refractivity contribution is 5.78. The number of ether oxygens (including phenoxy) is 2. The summed E-state index contributed by atoms with van der Waals surface area (Å²) in [5.74, 6) is -7.30. The van der Waals surface area contributed by atoms with E-state index in [1.165, 1.54) is 43.3 Å². The van der Waals surface area contributed by atoms with Gasteiger partial charge in [0.1, 0.15) is 5.82 Å². The summed E-state index contributed by atoms with van der Waals surface area (Å²) in [6.45, 7) is 3.47. The van der Waals surface area contributed by atoms with E-state index in [1.54, 1.807) is 12.1 Å². The summed E-state index contributed by atoms with van der Waals surface area (Å²) in [6.07, 6.45) is 3.43. The summed E-state index contributed by atoms with van der Waals surface area (Å²) >= 11 is 0. The number of benzene rings is 3. The van der Waals surface area contributed by atoms with Gasteiger partial charge in [-0.25, -0.2) is 13.2 Å². The molecule has 1 atom stereocenters. The largest absolute Gasteiger partial charge is 0.490 e. The maximum Gasteiger partial charge on any atom is 0.314 e. The Morgan fingerprint density at radius 1 is 0.892 bits per heavy atom. The molecule has 1 aliphatic rings. The van der Waals surface area contributed by atoms with E-state index in [1.807, 2.05) is 6.92 Å². The molecule has 0 spiro atoms. The highest BCUT2D eigenvalue weighted by Crippen LogP contribution is 2.36. The molecule has 0 amide bonds. The zero-order chi connectivity index (χ0) is 26.7. The Labute approximate surface area is 211 Å². The summed E-state index contributed by atoms with van der Waals surface area (Å²) in [4.78, 5) is 12.5. The smallest absolute Gasteiger partial charge is 0.314 e. The van der Waals surface area contributed by atoms with Gasteiger partial charge in [0.25, 0.3) is 0 Å². The van der Waals surface area contributed by atoms with E-state index < -0.39 is 46.7 Å². The highest BCUT2D eigenvalue weighted by Gasteiger charge is 2.26. The number of hydrogen-bond donors (Lipinski definition) is 0. The zero-order valence-electron chi connectivity index (χ0n) is 20.3. The molecule has 8 heteroatoms. The van der Waals surface area contributed by atoms with Gasteiger partial charge in [0.2, 0.25) is 11.6 Å². The first-order chi connectivity index (χ1) is 17.7. The maximum atomic E-state index is 15.0. The molecule has 0 aromatic heterocycles. The van der Waals surface area contributed by atoms with Crippen molar-refractivity contribution in [2.24, 2.45) is 5.92 Å². The summed E-state index contributed by atoms with van der Waals surface area (Å²) in [5.41, 5.74) is 1.12. The molecule has 0 saturated heterocycles. The lowest BCUT2D eigenvalue weighted by Gasteiger charge is -2.21. The maximum absolute atomic E-state index is 15.0. The fraction of sp³-hybridized carbons (Fsp3) is 0.276. The Morgan fingerprint density at radius 3 is 2.27 bits per heavy atom. The molecule has 0 fully saturated rings. The van der Waals surface area contributed by atoms with E-state index in [0.29, 0.717) is 24.8 Å². The van der Waals surface area contributed by atoms with Gasteiger partial charge in [0, 0.05) is 11.1 Å². The molecule has 0 N–H and O–H groups in total. The number of esters is 1. The van der Waals surface area contributed by atoms with E-state index in [-0.39, 0.29) is 35.5 Å². The average molecular weight is 517 g/mol. The monoisotopic (exact) mass is 516 g/mol. The van der Waals surface area contributed by atoms with Crippen LogP contribution in [0.15, 0.2) is 48.5 Å². The molecule has 1 aliphatic carbocycles. The molecule has 0 heterocycles. The highest BCUT2D eigenvalue weighted by atomic mass is 19.2. The second kappa shape index (κ2) is 11.2. The second-order valence-electron chi connectivity index (χ2n) is 8.91. The van der Waals surface area contributed by atoms with Crippen molar-refractivity contribution < 1.29 is 36.2 Å². The lowest BCUT2D eigenvalue weighted by atomic mass is 9.86. The van der Waals surface area contributed by atoms with Gasteiger partial charge in [-0.05, 0) is 73.6 Å². The third-order valence-electron chi connectivity index (χ3n) is 6.33. The summed E-state index contributed by atoms with van der Waals surface area (Å²) in [7, 11) is 0. The molecule has 3 aromatic rings. The minimum atomic E-state index is -1.21. The van der Waals surface area contributed by atoms with Crippen LogP contribution in [0.5, 0.6) is 11.5 Å². The molecule has 0 bridgehead atoms. The Morgan fingerprint density at radius 2 is 1.59 bits per heavy atom. The number of carbonyl (C=O) groups excluding carboxylic acids is 1. The van der Waals surface area contributed by atoms with Crippen molar-refractivity contribution in [3.63, 3.8) is 0 Å². The minimum Gasteiger partial charge on any atom is -0.490 e. The quantitative estimate of drug-likeness (QED) is 0.182. The van der Waals surface area contributed by atoms with Crippen LogP contribution in [0.3, 0.4) is 0 Å². The molecule has 37 heavy (non-hydrogen) atoms. The fourth-order valence-electron chi connectivity index (χ4n) is 4.21. The Kier molecular flexibility index (Phi) is 7.95. The predicted octanol–water partition coefficient (Wildman–Crippen LogP) is 7.94. The fourth-order valence-corrected chi connectivity index (χ4v) is 4.21. The van der Waals surface area contributed by atoms with Gasteiger partial charge in [0.05, 0.1) is 12.5 Å². The van der Waals surface area contributed by atoms with Gasteiger partial charge in [-0.2, -0.15) is 8.78 Å². The van der Waals surface area contributed by atoms with Gasteiger partial charge in [-0.1, -0.05) is 31.2 Å². The number of rotatable bonds is 7. The third-order valence-corrected chi connectivity index (χ3v) is 6.33. The van der Waals surface area contributed by atoms with Crippen LogP contribution in [0, 0.1) is 41.9 Å². The SMILES string of the molecule is CCCOc1ccc(-c2ccc(C3=CCC(C(=O)Oc4ccc(C)c(F)c4F)CC3)cc2F)c(F)c1F. The van der Waals surface area contributed by atoms with Crippen molar-refractivity contribution in [3.8, 4) is 22.6 Å². The first-order valence-corrected chi connectivity index (χ1v) is 12.0. The Balaban J connectivity index is 1.47. The van der Waals surface area contributed by atoms with Crippen molar-refractivity contribution in [3.05, 3.63) is 88.8 Å². The van der Waals surface area contributed by atoms with Crippen molar-refractivity contribution >= 4 is 11.5 Å². The van der Waals surface area contributed by atoms with Crippen molar-refractivity contribution in [1.82, 2.24) is 0 Å². The molecular weight excluding hydrogens is 491 g/mol. The summed E-state index contributed by atoms with van der Waals surface area (Å²) in [6, 6.07) is 9.31. The van der Waals surface area contributed by atoms with Crippen LogP contribution in [0.1, 0.15) is 43.7 Å². The molecule has 3 nitrogen and oxygen atoms in total. The van der Waals surface area contributed by atoms with E-state index >= 15 is 0 Å². The number of hydrogen-bond acceptors (Lipinski definition) is 3. The molecule has 0 saturated carbocycles. The van der Waals surface area contributed by atoms with Crippen LogP contribution < -0.4 is 9.47 Å². The predicted molar refractivity (Wildman–Crippen MR) is 130 cm³/mol. The summed E-state index contributed by atoms with van der Waals surface area (Å²) in [5, 5.41) is 0. The Hall–Kier alpha value is -3.68. The first kappa shape index (κ1) is 26.4. The molecule has 0 radical (unpaired) electrons. The van der Waals surface area contributed by atoms with Crippen molar-refractivity contribution in [2.45, 2.75) is 39.5 Å². The molecule has 4 rings (SSSR count). The van der Waals surface area contributed by atoms with Gasteiger partial charge < -0.3 is 9.47 Å². The second-order valence-corrected chi connectivity index (χ2v) is 8.91. The Bertz CT molecular complexity index is 1370. The van der Waals surface area contributed by atoms with Gasteiger partial charge in [-0.15, -0.1) is 0 Å². The standard InChI is InChI=1S/C29H25F5O3/c1-3-14-36-23-13-11-21(26(32)27(23)33)20-10-9-19(15-22(20)30)17-5-7-18(8-6-17)29(35)37-24-12-4-16(2)25(31)28(24)34/h4-5,9-13,15,18H,3,6-8,14H2,1-2H3. The van der Waals surface area contributed by atoms with Crippen LogP contribution in [-0.2, 0) is 4.79 Å². The lowest BCUT2D eigenvalue weighted by Crippen LogP contribution is -2.22. The number of allylic oxidation sites excluding steroid dienone is 2. The van der Waals surface area contributed by atoms with Crippen LogP contribution in [0.4, 0.5) is 22.0 Å². The van der Waals surface area contributed by atoms with E-state index in [0.717, 1.165) is 5.57 Å². The number of carbonyl (C=O) groups is 1. The lowest BCUT2D eigenvalue weighted by molar-refractivity contribution is -0.139. The van der Waals surface area contributed by atoms with Crippen LogP contribution in [-0.4, -0.2) is 12.6 Å².